The zero-order valence-electron chi connectivity index (χ0n) is 11.4. The molecule has 3 N–H and O–H groups in total. The third-order valence-corrected chi connectivity index (χ3v) is 3.36. The van der Waals surface area contributed by atoms with Gasteiger partial charge in [0, 0.05) is 13.1 Å². The van der Waals surface area contributed by atoms with E-state index in [9.17, 15) is 27.5 Å². The Balaban J connectivity index is 2.13. The van der Waals surface area contributed by atoms with E-state index in [0.29, 0.717) is 13.2 Å². The van der Waals surface area contributed by atoms with Gasteiger partial charge in [0.1, 0.15) is 0 Å². The Kier molecular flexibility index (Phi) is 4.99. The first-order valence-corrected chi connectivity index (χ1v) is 6.45. The van der Waals surface area contributed by atoms with Crippen LogP contribution in [0.15, 0.2) is 6.07 Å². The lowest BCUT2D eigenvalue weighted by molar-refractivity contribution is 0.0000120. The van der Waals surface area contributed by atoms with Crippen molar-refractivity contribution in [2.24, 2.45) is 0 Å². The van der Waals surface area contributed by atoms with E-state index < -0.39 is 40.3 Å². The number of nitrogens with one attached hydrogen (secondary N) is 2. The zero-order valence-corrected chi connectivity index (χ0v) is 11.4. The number of benzene rings is 1. The van der Waals surface area contributed by atoms with Gasteiger partial charge in [0.25, 0.3) is 5.91 Å². The van der Waals surface area contributed by atoms with Gasteiger partial charge in [-0.3, -0.25) is 4.79 Å². The average molecular weight is 322 g/mol. The van der Waals surface area contributed by atoms with Crippen molar-refractivity contribution >= 4 is 5.91 Å². The van der Waals surface area contributed by atoms with Gasteiger partial charge in [-0.25, -0.2) is 17.6 Å². The molecule has 1 aromatic carbocycles. The van der Waals surface area contributed by atoms with Crippen LogP contribution >= 0.6 is 0 Å². The van der Waals surface area contributed by atoms with Crippen LogP contribution in [0.1, 0.15) is 10.4 Å². The summed E-state index contributed by atoms with van der Waals surface area (Å²) in [6, 6.07) is 0.277. The molecule has 9 heteroatoms. The molecule has 0 saturated carbocycles. The number of amides is 1. The van der Waals surface area contributed by atoms with Gasteiger partial charge in [-0.05, 0) is 6.07 Å². The van der Waals surface area contributed by atoms with Gasteiger partial charge in [0.15, 0.2) is 23.3 Å². The normalized spacial score (nSPS) is 21.7. The first kappa shape index (κ1) is 16.7. The van der Waals surface area contributed by atoms with Crippen molar-refractivity contribution < 1.29 is 32.2 Å². The Bertz CT molecular complexity index is 577. The van der Waals surface area contributed by atoms with Crippen molar-refractivity contribution in [1.29, 1.82) is 0 Å². The molecule has 0 bridgehead atoms. The first-order chi connectivity index (χ1) is 10.4. The maximum absolute atomic E-state index is 13.5. The summed E-state index contributed by atoms with van der Waals surface area (Å²) in [5, 5.41) is 14.5. The van der Waals surface area contributed by atoms with Gasteiger partial charge in [-0.2, -0.15) is 0 Å². The molecule has 0 aliphatic carbocycles. The summed E-state index contributed by atoms with van der Waals surface area (Å²) in [7, 11) is 0. The molecular formula is C13H14F4N2O3. The van der Waals surface area contributed by atoms with Gasteiger partial charge in [0.05, 0.1) is 30.9 Å². The van der Waals surface area contributed by atoms with Crippen molar-refractivity contribution in [3.05, 3.63) is 34.9 Å². The van der Waals surface area contributed by atoms with E-state index in [2.05, 4.69) is 10.6 Å². The van der Waals surface area contributed by atoms with Crippen molar-refractivity contribution in [2.45, 2.75) is 5.54 Å². The summed E-state index contributed by atoms with van der Waals surface area (Å²) < 4.78 is 57.7. The van der Waals surface area contributed by atoms with Gasteiger partial charge >= 0.3 is 0 Å². The maximum atomic E-state index is 13.5. The smallest absolute Gasteiger partial charge is 0.254 e. The maximum Gasteiger partial charge on any atom is 0.254 e. The van der Waals surface area contributed by atoms with Gasteiger partial charge in [0.2, 0.25) is 0 Å². The number of halogens is 4. The number of carbonyl (C=O) groups excluding carboxylic acids is 1. The van der Waals surface area contributed by atoms with Crippen LogP contribution in [0.4, 0.5) is 17.6 Å². The predicted molar refractivity (Wildman–Crippen MR) is 67.2 cm³/mol. The quantitative estimate of drug-likeness (QED) is 0.424. The fourth-order valence-electron chi connectivity index (χ4n) is 2.06. The van der Waals surface area contributed by atoms with Crippen LogP contribution < -0.4 is 10.6 Å². The number of rotatable bonds is 4. The second kappa shape index (κ2) is 6.59. The zero-order chi connectivity index (χ0) is 16.3. The summed E-state index contributed by atoms with van der Waals surface area (Å²) >= 11 is 0. The summed E-state index contributed by atoms with van der Waals surface area (Å²) in [6.07, 6.45) is 0. The Morgan fingerprint density at radius 1 is 1.32 bits per heavy atom. The second-order valence-electron chi connectivity index (χ2n) is 4.95. The molecule has 0 spiro atoms. The molecule has 1 atom stereocenters. The number of hydrogen-bond donors (Lipinski definition) is 3. The van der Waals surface area contributed by atoms with Crippen molar-refractivity contribution in [1.82, 2.24) is 10.6 Å². The number of ether oxygens (including phenoxy) is 1. The molecule has 1 aliphatic rings. The van der Waals surface area contributed by atoms with Crippen molar-refractivity contribution in [3.63, 3.8) is 0 Å². The highest BCUT2D eigenvalue weighted by Crippen LogP contribution is 2.19. The van der Waals surface area contributed by atoms with E-state index in [1.807, 2.05) is 0 Å². The van der Waals surface area contributed by atoms with Gasteiger partial charge in [-0.15, -0.1) is 0 Å². The highest BCUT2D eigenvalue weighted by Gasteiger charge is 2.33. The molecule has 122 valence electrons. The fraction of sp³-hybridized carbons (Fsp3) is 0.462. The molecule has 2 rings (SSSR count). The summed E-state index contributed by atoms with van der Waals surface area (Å²) in [5.74, 6) is -8.61. The molecule has 1 unspecified atom stereocenters. The monoisotopic (exact) mass is 322 g/mol. The molecule has 22 heavy (non-hydrogen) atoms. The van der Waals surface area contributed by atoms with E-state index in [4.69, 9.17) is 4.74 Å². The molecule has 1 aliphatic heterocycles. The third kappa shape index (κ3) is 3.21. The van der Waals surface area contributed by atoms with Crippen LogP contribution in [-0.2, 0) is 4.74 Å². The van der Waals surface area contributed by atoms with Crippen LogP contribution in [-0.4, -0.2) is 49.5 Å². The van der Waals surface area contributed by atoms with Crippen LogP contribution in [0.25, 0.3) is 0 Å². The summed E-state index contributed by atoms with van der Waals surface area (Å²) in [5.41, 5.74) is -1.93. The van der Waals surface area contributed by atoms with Crippen LogP contribution in [0.3, 0.4) is 0 Å². The lowest BCUT2D eigenvalue weighted by Gasteiger charge is -2.36. The van der Waals surface area contributed by atoms with E-state index in [1.165, 1.54) is 0 Å². The third-order valence-electron chi connectivity index (χ3n) is 3.36. The minimum absolute atomic E-state index is 0.0956. The molecule has 1 amide bonds. The lowest BCUT2D eigenvalue weighted by atomic mass is 10.0. The minimum atomic E-state index is -2.05. The molecular weight excluding hydrogens is 308 g/mol. The molecule has 5 nitrogen and oxygen atoms in total. The Morgan fingerprint density at radius 3 is 2.64 bits per heavy atom. The predicted octanol–water partition coefficient (Wildman–Crippen LogP) is 0.324. The van der Waals surface area contributed by atoms with Crippen molar-refractivity contribution in [3.8, 4) is 0 Å². The Labute approximate surface area is 123 Å². The summed E-state index contributed by atoms with van der Waals surface area (Å²) in [6.45, 7) is 0.423. The molecule has 0 radical (unpaired) electrons. The van der Waals surface area contributed by atoms with E-state index in [-0.39, 0.29) is 25.8 Å². The van der Waals surface area contributed by atoms with E-state index >= 15 is 0 Å². The number of carbonyl (C=O) groups is 1. The number of aliphatic hydroxyl groups excluding tert-OH is 1. The van der Waals surface area contributed by atoms with E-state index in [1.54, 1.807) is 0 Å². The highest BCUT2D eigenvalue weighted by atomic mass is 19.2. The molecule has 0 aromatic heterocycles. The van der Waals surface area contributed by atoms with Crippen LogP contribution in [0.5, 0.6) is 0 Å². The number of aliphatic hydroxyl groups is 1. The molecule has 1 fully saturated rings. The van der Waals surface area contributed by atoms with Crippen LogP contribution in [0.2, 0.25) is 0 Å². The SMILES string of the molecule is O=C(NCC1(CO)COCCN1)c1cc(F)c(F)c(F)c1F. The number of hydrogen-bond acceptors (Lipinski definition) is 4. The Morgan fingerprint density at radius 2 is 2.05 bits per heavy atom. The topological polar surface area (TPSA) is 70.6 Å². The highest BCUT2D eigenvalue weighted by molar-refractivity contribution is 5.94. The molecule has 1 aromatic rings. The van der Waals surface area contributed by atoms with Gasteiger partial charge in [-0.1, -0.05) is 0 Å². The molecule has 1 heterocycles. The second-order valence-corrected chi connectivity index (χ2v) is 4.95. The fourth-order valence-corrected chi connectivity index (χ4v) is 2.06. The minimum Gasteiger partial charge on any atom is -0.394 e. The molecule has 1 saturated heterocycles. The first-order valence-electron chi connectivity index (χ1n) is 6.45. The summed E-state index contributed by atoms with van der Waals surface area (Å²) in [4.78, 5) is 11.8. The van der Waals surface area contributed by atoms with E-state index in [0.717, 1.165) is 0 Å². The standard InChI is InChI=1S/C13H14F4N2O3/c14-8-3-7(9(15)11(17)10(8)16)12(21)18-4-13(5-20)6-22-2-1-19-13/h3,19-20H,1-2,4-6H2,(H,18,21). The number of morpholine rings is 1. The van der Waals surface area contributed by atoms with Crippen LogP contribution in [0, 0.1) is 23.3 Å². The average Bonchev–Trinajstić information content (AvgIpc) is 2.55. The largest absolute Gasteiger partial charge is 0.394 e. The Hall–Kier alpha value is -1.71. The lowest BCUT2D eigenvalue weighted by Crippen LogP contribution is -2.62. The van der Waals surface area contributed by atoms with Crippen molar-refractivity contribution in [2.75, 3.05) is 32.9 Å². The van der Waals surface area contributed by atoms with Gasteiger partial charge < -0.3 is 20.5 Å².